The second kappa shape index (κ2) is 6.54. The summed E-state index contributed by atoms with van der Waals surface area (Å²) in [4.78, 5) is 11.2. The molecule has 0 amide bonds. The van der Waals surface area contributed by atoms with Gasteiger partial charge in [-0.1, -0.05) is 12.1 Å². The van der Waals surface area contributed by atoms with Crippen LogP contribution in [0, 0.1) is 6.92 Å². The molecule has 0 aromatic heterocycles. The third kappa shape index (κ3) is 3.84. The van der Waals surface area contributed by atoms with E-state index in [1.165, 1.54) is 7.11 Å². The standard InChI is InChI=1S/C12H13ClF2O3/c1-7-3-8(6-13)4-9(5-10(16)17-2)11(7)18-12(14)15/h3-4,12H,5-6H2,1-2H3. The fourth-order valence-electron chi connectivity index (χ4n) is 1.62. The van der Waals surface area contributed by atoms with Crippen LogP contribution in [0.15, 0.2) is 12.1 Å². The highest BCUT2D eigenvalue weighted by Crippen LogP contribution is 2.28. The van der Waals surface area contributed by atoms with Crippen molar-refractivity contribution >= 4 is 17.6 Å². The Hall–Kier alpha value is -1.36. The average Bonchev–Trinajstić information content (AvgIpc) is 2.32. The molecular formula is C12H13ClF2O3. The van der Waals surface area contributed by atoms with Crippen molar-refractivity contribution in [3.63, 3.8) is 0 Å². The highest BCUT2D eigenvalue weighted by Gasteiger charge is 2.16. The molecular weight excluding hydrogens is 266 g/mol. The molecule has 0 heterocycles. The van der Waals surface area contributed by atoms with Crippen LogP contribution in [0.2, 0.25) is 0 Å². The molecule has 0 aliphatic carbocycles. The number of aryl methyl sites for hydroxylation is 1. The van der Waals surface area contributed by atoms with Gasteiger partial charge in [0.1, 0.15) is 5.75 Å². The summed E-state index contributed by atoms with van der Waals surface area (Å²) in [6, 6.07) is 3.21. The molecule has 1 aromatic carbocycles. The van der Waals surface area contributed by atoms with Gasteiger partial charge in [0.2, 0.25) is 0 Å². The number of esters is 1. The van der Waals surface area contributed by atoms with Gasteiger partial charge in [0.25, 0.3) is 0 Å². The Morgan fingerprint density at radius 3 is 2.61 bits per heavy atom. The molecule has 1 rings (SSSR count). The van der Waals surface area contributed by atoms with Gasteiger partial charge in [-0.15, -0.1) is 11.6 Å². The zero-order chi connectivity index (χ0) is 13.7. The van der Waals surface area contributed by atoms with Crippen LogP contribution in [0.5, 0.6) is 5.75 Å². The third-order valence-electron chi connectivity index (χ3n) is 2.34. The Balaban J connectivity index is 3.15. The second-order valence-corrected chi connectivity index (χ2v) is 3.93. The SMILES string of the molecule is COC(=O)Cc1cc(CCl)cc(C)c1OC(F)F. The topological polar surface area (TPSA) is 35.5 Å². The maximum atomic E-state index is 12.3. The first-order chi connectivity index (χ1) is 8.47. The molecule has 0 saturated carbocycles. The summed E-state index contributed by atoms with van der Waals surface area (Å²) in [7, 11) is 1.23. The fourth-order valence-corrected chi connectivity index (χ4v) is 1.78. The monoisotopic (exact) mass is 278 g/mol. The lowest BCUT2D eigenvalue weighted by Gasteiger charge is -2.14. The summed E-state index contributed by atoms with van der Waals surface area (Å²) in [6.07, 6.45) is -0.135. The number of alkyl halides is 3. The van der Waals surface area contributed by atoms with Crippen molar-refractivity contribution in [1.29, 1.82) is 0 Å². The van der Waals surface area contributed by atoms with Crippen LogP contribution in [0.25, 0.3) is 0 Å². The molecule has 0 unspecified atom stereocenters. The van der Waals surface area contributed by atoms with Gasteiger partial charge in [0.15, 0.2) is 0 Å². The highest BCUT2D eigenvalue weighted by molar-refractivity contribution is 6.17. The first-order valence-corrected chi connectivity index (χ1v) is 5.71. The van der Waals surface area contributed by atoms with E-state index in [1.54, 1.807) is 19.1 Å². The van der Waals surface area contributed by atoms with Gasteiger partial charge < -0.3 is 9.47 Å². The number of benzene rings is 1. The van der Waals surface area contributed by atoms with Crippen molar-refractivity contribution in [2.45, 2.75) is 25.8 Å². The molecule has 1 aromatic rings. The van der Waals surface area contributed by atoms with Gasteiger partial charge in [0.05, 0.1) is 13.5 Å². The van der Waals surface area contributed by atoms with E-state index < -0.39 is 12.6 Å². The van der Waals surface area contributed by atoms with Crippen LogP contribution in [0.3, 0.4) is 0 Å². The van der Waals surface area contributed by atoms with E-state index in [-0.39, 0.29) is 18.1 Å². The van der Waals surface area contributed by atoms with E-state index in [9.17, 15) is 13.6 Å². The average molecular weight is 279 g/mol. The minimum Gasteiger partial charge on any atom is -0.469 e. The van der Waals surface area contributed by atoms with Crippen molar-refractivity contribution in [2.24, 2.45) is 0 Å². The van der Waals surface area contributed by atoms with Crippen molar-refractivity contribution in [2.75, 3.05) is 7.11 Å². The van der Waals surface area contributed by atoms with Gasteiger partial charge >= 0.3 is 12.6 Å². The van der Waals surface area contributed by atoms with Crippen molar-refractivity contribution in [1.82, 2.24) is 0 Å². The van der Waals surface area contributed by atoms with E-state index >= 15 is 0 Å². The predicted octanol–water partition coefficient (Wildman–Crippen LogP) is 3.05. The summed E-state index contributed by atoms with van der Waals surface area (Å²) in [5.74, 6) is -0.297. The van der Waals surface area contributed by atoms with E-state index in [0.29, 0.717) is 11.1 Å². The van der Waals surface area contributed by atoms with E-state index in [1.807, 2.05) is 0 Å². The molecule has 0 fully saturated rings. The summed E-state index contributed by atoms with van der Waals surface area (Å²) in [6.45, 7) is -1.32. The van der Waals surface area contributed by atoms with Crippen LogP contribution >= 0.6 is 11.6 Å². The van der Waals surface area contributed by atoms with E-state index in [0.717, 1.165) is 5.56 Å². The number of hydrogen-bond donors (Lipinski definition) is 0. The zero-order valence-corrected chi connectivity index (χ0v) is 10.8. The predicted molar refractivity (Wildman–Crippen MR) is 63.1 cm³/mol. The summed E-state index contributed by atoms with van der Waals surface area (Å²) >= 11 is 5.69. The zero-order valence-electron chi connectivity index (χ0n) is 10.0. The summed E-state index contributed by atoms with van der Waals surface area (Å²) in [5, 5.41) is 0. The Morgan fingerprint density at radius 2 is 2.11 bits per heavy atom. The van der Waals surface area contributed by atoms with Gasteiger partial charge in [-0.2, -0.15) is 8.78 Å². The van der Waals surface area contributed by atoms with Crippen LogP contribution in [-0.4, -0.2) is 19.7 Å². The van der Waals surface area contributed by atoms with Gasteiger partial charge in [-0.05, 0) is 18.1 Å². The molecule has 0 radical (unpaired) electrons. The summed E-state index contributed by atoms with van der Waals surface area (Å²) < 4.78 is 33.6. The van der Waals surface area contributed by atoms with E-state index in [4.69, 9.17) is 11.6 Å². The molecule has 0 N–H and O–H groups in total. The number of hydrogen-bond acceptors (Lipinski definition) is 3. The minimum absolute atomic E-state index is 0.00395. The number of carbonyl (C=O) groups is 1. The lowest BCUT2D eigenvalue weighted by atomic mass is 10.0. The molecule has 0 aliphatic rings. The van der Waals surface area contributed by atoms with Crippen molar-refractivity contribution in [3.8, 4) is 5.75 Å². The molecule has 3 nitrogen and oxygen atoms in total. The van der Waals surface area contributed by atoms with Crippen LogP contribution < -0.4 is 4.74 Å². The number of rotatable bonds is 5. The first kappa shape index (κ1) is 14.7. The van der Waals surface area contributed by atoms with Gasteiger partial charge in [-0.25, -0.2) is 0 Å². The summed E-state index contributed by atoms with van der Waals surface area (Å²) in [5.41, 5.74) is 1.58. The quantitative estimate of drug-likeness (QED) is 0.613. The molecule has 100 valence electrons. The Morgan fingerprint density at radius 1 is 1.44 bits per heavy atom. The van der Waals surface area contributed by atoms with E-state index in [2.05, 4.69) is 9.47 Å². The van der Waals surface area contributed by atoms with Gasteiger partial charge in [0, 0.05) is 11.4 Å². The lowest BCUT2D eigenvalue weighted by Crippen LogP contribution is -2.11. The minimum atomic E-state index is -2.94. The molecule has 0 spiro atoms. The molecule has 0 aliphatic heterocycles. The highest BCUT2D eigenvalue weighted by atomic mass is 35.5. The maximum Gasteiger partial charge on any atom is 0.387 e. The number of carbonyl (C=O) groups excluding carboxylic acids is 1. The maximum absolute atomic E-state index is 12.3. The van der Waals surface area contributed by atoms with Crippen LogP contribution in [0.1, 0.15) is 16.7 Å². The largest absolute Gasteiger partial charge is 0.469 e. The second-order valence-electron chi connectivity index (χ2n) is 3.67. The number of methoxy groups -OCH3 is 1. The van der Waals surface area contributed by atoms with Crippen molar-refractivity contribution in [3.05, 3.63) is 28.8 Å². The molecule has 0 atom stereocenters. The first-order valence-electron chi connectivity index (χ1n) is 5.18. The molecule has 6 heteroatoms. The molecule has 0 saturated heterocycles. The molecule has 18 heavy (non-hydrogen) atoms. The molecule has 0 bridgehead atoms. The fraction of sp³-hybridized carbons (Fsp3) is 0.417. The normalized spacial score (nSPS) is 10.6. The third-order valence-corrected chi connectivity index (χ3v) is 2.64. The van der Waals surface area contributed by atoms with Crippen molar-refractivity contribution < 1.29 is 23.0 Å². The lowest BCUT2D eigenvalue weighted by molar-refractivity contribution is -0.139. The van der Waals surface area contributed by atoms with Crippen LogP contribution in [0.4, 0.5) is 8.78 Å². The number of ether oxygens (including phenoxy) is 2. The smallest absolute Gasteiger partial charge is 0.387 e. The Kier molecular flexibility index (Phi) is 5.34. The van der Waals surface area contributed by atoms with Gasteiger partial charge in [-0.3, -0.25) is 4.79 Å². The Bertz CT molecular complexity index is 436. The van der Waals surface area contributed by atoms with Crippen LogP contribution in [-0.2, 0) is 21.8 Å². The number of halogens is 3. The Labute approximate surface area is 109 Å².